The maximum absolute atomic E-state index is 12.7. The highest BCUT2D eigenvalue weighted by Crippen LogP contribution is 2.20. The zero-order valence-electron chi connectivity index (χ0n) is 19.2. The third-order valence-electron chi connectivity index (χ3n) is 5.82. The van der Waals surface area contributed by atoms with Crippen LogP contribution in [0.1, 0.15) is 17.5 Å². The van der Waals surface area contributed by atoms with Crippen molar-refractivity contribution in [3.05, 3.63) is 88.3 Å². The van der Waals surface area contributed by atoms with E-state index in [1.807, 2.05) is 44.2 Å². The average molecular weight is 479 g/mol. The molecule has 0 spiro atoms. The Kier molecular flexibility index (Phi) is 6.30. The molecule has 2 N–H and O–H groups in total. The van der Waals surface area contributed by atoms with Gasteiger partial charge in [-0.2, -0.15) is 0 Å². The third-order valence-corrected chi connectivity index (χ3v) is 7.22. The number of anilines is 2. The van der Waals surface area contributed by atoms with Crippen molar-refractivity contribution in [2.75, 3.05) is 10.0 Å². The van der Waals surface area contributed by atoms with E-state index in [1.165, 1.54) is 24.3 Å². The number of sulfonamides is 1. The first-order valence-corrected chi connectivity index (χ1v) is 12.3. The van der Waals surface area contributed by atoms with Gasteiger partial charge in [-0.1, -0.05) is 18.2 Å². The van der Waals surface area contributed by atoms with E-state index in [0.29, 0.717) is 11.4 Å². The van der Waals surface area contributed by atoms with E-state index in [9.17, 15) is 18.0 Å². The Morgan fingerprint density at radius 2 is 1.53 bits per heavy atom. The molecule has 34 heavy (non-hydrogen) atoms. The molecule has 9 heteroatoms. The first kappa shape index (κ1) is 23.3. The lowest BCUT2D eigenvalue weighted by Crippen LogP contribution is -2.24. The number of benzene rings is 3. The lowest BCUT2D eigenvalue weighted by molar-refractivity contribution is -0.116. The van der Waals surface area contributed by atoms with E-state index in [4.69, 9.17) is 0 Å². The van der Waals surface area contributed by atoms with Crippen LogP contribution in [-0.2, 0) is 28.4 Å². The largest absolute Gasteiger partial charge is 0.328 e. The molecule has 4 aromatic rings. The molecule has 3 aromatic carbocycles. The molecule has 176 valence electrons. The number of hydrogen-bond acceptors (Lipinski definition) is 4. The van der Waals surface area contributed by atoms with Crippen LogP contribution in [0.4, 0.5) is 11.4 Å². The molecule has 0 fully saturated rings. The van der Waals surface area contributed by atoms with Crippen LogP contribution in [-0.4, -0.2) is 23.5 Å². The number of imidazole rings is 1. The molecule has 0 unspecified atom stereocenters. The summed E-state index contributed by atoms with van der Waals surface area (Å²) in [6.07, 6.45) is 0.0995. The molecule has 0 aliphatic carbocycles. The summed E-state index contributed by atoms with van der Waals surface area (Å²) in [4.78, 5) is 25.0. The van der Waals surface area contributed by atoms with Gasteiger partial charge in [0.1, 0.15) is 0 Å². The fraction of sp³-hybridized carbons (Fsp3) is 0.200. The summed E-state index contributed by atoms with van der Waals surface area (Å²) in [7, 11) is -2.06. The molecule has 1 heterocycles. The minimum Gasteiger partial charge on any atom is -0.326 e. The second-order valence-electron chi connectivity index (χ2n) is 8.21. The number of aryl methyl sites for hydroxylation is 4. The van der Waals surface area contributed by atoms with Crippen molar-refractivity contribution in [3.8, 4) is 0 Å². The topological polar surface area (TPSA) is 102 Å². The molecular formula is C25H26N4O4S. The van der Waals surface area contributed by atoms with Gasteiger partial charge < -0.3 is 5.32 Å². The van der Waals surface area contributed by atoms with Gasteiger partial charge in [-0.3, -0.25) is 18.7 Å². The Balaban J connectivity index is 1.41. The van der Waals surface area contributed by atoms with Gasteiger partial charge in [0.2, 0.25) is 5.91 Å². The maximum atomic E-state index is 12.7. The van der Waals surface area contributed by atoms with Gasteiger partial charge in [-0.05, 0) is 73.5 Å². The molecule has 0 aliphatic rings. The highest BCUT2D eigenvalue weighted by molar-refractivity contribution is 7.92. The average Bonchev–Trinajstić information content (AvgIpc) is 3.05. The molecule has 8 nitrogen and oxygen atoms in total. The Morgan fingerprint density at radius 1 is 0.882 bits per heavy atom. The number of aromatic nitrogens is 2. The fourth-order valence-corrected chi connectivity index (χ4v) is 4.80. The number of nitrogens with zero attached hydrogens (tertiary/aromatic N) is 2. The van der Waals surface area contributed by atoms with Gasteiger partial charge >= 0.3 is 5.69 Å². The van der Waals surface area contributed by atoms with Crippen LogP contribution in [0, 0.1) is 13.8 Å². The molecule has 0 aliphatic heterocycles. The second-order valence-corrected chi connectivity index (χ2v) is 9.89. The number of carbonyl (C=O) groups is 1. The van der Waals surface area contributed by atoms with E-state index in [1.54, 1.807) is 28.3 Å². The van der Waals surface area contributed by atoms with Crippen molar-refractivity contribution in [1.82, 2.24) is 9.13 Å². The van der Waals surface area contributed by atoms with E-state index >= 15 is 0 Å². The van der Waals surface area contributed by atoms with E-state index in [2.05, 4.69) is 10.0 Å². The zero-order valence-corrected chi connectivity index (χ0v) is 20.0. The summed E-state index contributed by atoms with van der Waals surface area (Å²) in [5.41, 5.74) is 4.43. The van der Waals surface area contributed by atoms with Crippen molar-refractivity contribution in [1.29, 1.82) is 0 Å². The fourth-order valence-electron chi connectivity index (χ4n) is 3.75. The van der Waals surface area contributed by atoms with Crippen LogP contribution in [0.25, 0.3) is 11.0 Å². The molecule has 0 radical (unpaired) electrons. The van der Waals surface area contributed by atoms with Crippen LogP contribution in [0.3, 0.4) is 0 Å². The van der Waals surface area contributed by atoms with Crippen LogP contribution in [0.5, 0.6) is 0 Å². The lowest BCUT2D eigenvalue weighted by Gasteiger charge is -2.11. The van der Waals surface area contributed by atoms with Gasteiger partial charge in [-0.15, -0.1) is 0 Å². The zero-order chi connectivity index (χ0) is 24.5. The number of fused-ring (bicyclic) bond motifs is 1. The normalized spacial score (nSPS) is 11.5. The molecule has 1 aromatic heterocycles. The van der Waals surface area contributed by atoms with Crippen LogP contribution < -0.4 is 15.7 Å². The van der Waals surface area contributed by atoms with Gasteiger partial charge in [0.15, 0.2) is 0 Å². The van der Waals surface area contributed by atoms with Crippen molar-refractivity contribution in [3.63, 3.8) is 0 Å². The quantitative estimate of drug-likeness (QED) is 0.422. The summed E-state index contributed by atoms with van der Waals surface area (Å²) in [5, 5.41) is 2.75. The molecule has 4 rings (SSSR count). The number of amides is 1. The summed E-state index contributed by atoms with van der Waals surface area (Å²) in [6.45, 7) is 4.11. The van der Waals surface area contributed by atoms with Crippen molar-refractivity contribution in [2.45, 2.75) is 31.7 Å². The minimum absolute atomic E-state index is 0.0889. The van der Waals surface area contributed by atoms with Crippen LogP contribution in [0.2, 0.25) is 0 Å². The Morgan fingerprint density at radius 3 is 2.21 bits per heavy atom. The van der Waals surface area contributed by atoms with Gasteiger partial charge in [0, 0.05) is 31.4 Å². The van der Waals surface area contributed by atoms with Crippen molar-refractivity contribution in [2.24, 2.45) is 7.05 Å². The summed E-state index contributed by atoms with van der Waals surface area (Å²) >= 11 is 0. The number of rotatable bonds is 7. The van der Waals surface area contributed by atoms with Crippen LogP contribution in [0.15, 0.2) is 76.4 Å². The summed E-state index contributed by atoms with van der Waals surface area (Å²) in [5.74, 6) is -0.274. The molecule has 0 bridgehead atoms. The highest BCUT2D eigenvalue weighted by atomic mass is 32.2. The Hall–Kier alpha value is -3.85. The second kappa shape index (κ2) is 9.18. The van der Waals surface area contributed by atoms with Crippen LogP contribution >= 0.6 is 0 Å². The first-order valence-electron chi connectivity index (χ1n) is 10.8. The molecule has 1 amide bonds. The van der Waals surface area contributed by atoms with Crippen molar-refractivity contribution >= 4 is 38.3 Å². The highest BCUT2D eigenvalue weighted by Gasteiger charge is 2.15. The number of nitrogens with one attached hydrogen (secondary N) is 2. The predicted molar refractivity (Wildman–Crippen MR) is 134 cm³/mol. The Bertz CT molecular complexity index is 1530. The molecule has 0 saturated carbocycles. The standard InChI is InChI=1S/C25H26N4O4S/c1-17-8-9-20(16-18(17)2)27-34(32,33)21-12-10-19(11-13-21)26-24(30)14-15-29-23-7-5-4-6-22(23)28(3)25(29)31/h4-13,16,27H,14-15H2,1-3H3,(H,26,30). The van der Waals surface area contributed by atoms with Gasteiger partial charge in [0.05, 0.1) is 15.9 Å². The van der Waals surface area contributed by atoms with Gasteiger partial charge in [-0.25, -0.2) is 13.2 Å². The molecule has 0 saturated heterocycles. The van der Waals surface area contributed by atoms with E-state index < -0.39 is 10.0 Å². The minimum atomic E-state index is -3.76. The maximum Gasteiger partial charge on any atom is 0.328 e. The monoisotopic (exact) mass is 478 g/mol. The van der Waals surface area contributed by atoms with Gasteiger partial charge in [0.25, 0.3) is 10.0 Å². The number of carbonyl (C=O) groups excluding carboxylic acids is 1. The number of para-hydroxylation sites is 2. The SMILES string of the molecule is Cc1ccc(NS(=O)(=O)c2ccc(NC(=O)CCn3c(=O)n(C)c4ccccc43)cc2)cc1C. The number of hydrogen-bond donors (Lipinski definition) is 2. The smallest absolute Gasteiger partial charge is 0.326 e. The Labute approximate surface area is 197 Å². The van der Waals surface area contributed by atoms with E-state index in [-0.39, 0.29) is 29.5 Å². The summed E-state index contributed by atoms with van der Waals surface area (Å²) in [6, 6.07) is 18.7. The molecular weight excluding hydrogens is 452 g/mol. The summed E-state index contributed by atoms with van der Waals surface area (Å²) < 4.78 is 31.1. The predicted octanol–water partition coefficient (Wildman–Crippen LogP) is 3.79. The lowest BCUT2D eigenvalue weighted by atomic mass is 10.1. The van der Waals surface area contributed by atoms with E-state index in [0.717, 1.165) is 22.2 Å². The van der Waals surface area contributed by atoms with Crippen molar-refractivity contribution < 1.29 is 13.2 Å². The molecule has 0 atom stereocenters. The first-order chi connectivity index (χ1) is 16.2. The third kappa shape index (κ3) is 4.74.